The van der Waals surface area contributed by atoms with Gasteiger partial charge in [0.05, 0.1) is 24.6 Å². The predicted octanol–water partition coefficient (Wildman–Crippen LogP) is 6.33. The molecule has 0 fully saturated rings. The molecule has 0 nitrogen and oxygen atoms in total. The second-order valence-corrected chi connectivity index (χ2v) is 13.2. The highest BCUT2D eigenvalue weighted by Crippen LogP contribution is 2.59. The van der Waals surface area contributed by atoms with Gasteiger partial charge < -0.3 is 12.4 Å². The van der Waals surface area contributed by atoms with Crippen LogP contribution in [0.1, 0.15) is 130 Å². The third-order valence-electron chi connectivity index (χ3n) is 6.31. The van der Waals surface area contributed by atoms with Crippen molar-refractivity contribution < 1.29 is 12.4 Å². The lowest BCUT2D eigenvalue weighted by atomic mass is 10.1. The van der Waals surface area contributed by atoms with Gasteiger partial charge in [0.15, 0.2) is 0 Å². The Hall–Kier alpha value is 0.720. The minimum atomic E-state index is -0.590. The molecular formula is C24H52ClP. The molecule has 0 bridgehead atoms. The van der Waals surface area contributed by atoms with Gasteiger partial charge in [-0.05, 0) is 39.5 Å². The summed E-state index contributed by atoms with van der Waals surface area (Å²) in [4.78, 5) is 0. The van der Waals surface area contributed by atoms with Crippen molar-refractivity contribution in [3.05, 3.63) is 0 Å². The topological polar surface area (TPSA) is 0 Å². The highest BCUT2D eigenvalue weighted by Gasteiger charge is 2.31. The van der Waals surface area contributed by atoms with Crippen molar-refractivity contribution in [3.63, 3.8) is 0 Å². The van der Waals surface area contributed by atoms with E-state index in [1.807, 2.05) is 0 Å². The molecule has 26 heavy (non-hydrogen) atoms. The summed E-state index contributed by atoms with van der Waals surface area (Å²) in [7, 11) is -0.590. The van der Waals surface area contributed by atoms with Crippen molar-refractivity contribution in [1.29, 1.82) is 0 Å². The quantitative estimate of drug-likeness (QED) is 0.164. The molecule has 0 atom stereocenters. The van der Waals surface area contributed by atoms with Crippen molar-refractivity contribution in [2.45, 2.75) is 130 Å². The SMILES string of the molecule is CCCCCCCCCC[P+](CC)(CC)CCCCCCCCCC.[Cl-]. The van der Waals surface area contributed by atoms with Crippen molar-refractivity contribution in [2.75, 3.05) is 24.6 Å². The van der Waals surface area contributed by atoms with Gasteiger partial charge >= 0.3 is 0 Å². The lowest BCUT2D eigenvalue weighted by Gasteiger charge is -2.25. The maximum Gasteiger partial charge on any atom is 0.0594 e. The first-order valence-corrected chi connectivity index (χ1v) is 14.6. The average Bonchev–Trinajstić information content (AvgIpc) is 2.64. The highest BCUT2D eigenvalue weighted by atomic mass is 35.5. The zero-order valence-electron chi connectivity index (χ0n) is 19.0. The van der Waals surface area contributed by atoms with Gasteiger partial charge in [0.2, 0.25) is 0 Å². The fourth-order valence-corrected chi connectivity index (χ4v) is 7.85. The maximum atomic E-state index is 2.49. The maximum absolute atomic E-state index is 2.49. The minimum absolute atomic E-state index is 0. The van der Waals surface area contributed by atoms with E-state index < -0.39 is 7.26 Å². The predicted molar refractivity (Wildman–Crippen MR) is 123 cm³/mol. The Morgan fingerprint density at radius 1 is 0.385 bits per heavy atom. The molecule has 0 aromatic carbocycles. The fourth-order valence-electron chi connectivity index (χ4n) is 4.13. The smallest absolute Gasteiger partial charge is 0.0594 e. The molecule has 0 saturated carbocycles. The largest absolute Gasteiger partial charge is 1.00 e. The lowest BCUT2D eigenvalue weighted by Crippen LogP contribution is -3.00. The van der Waals surface area contributed by atoms with Gasteiger partial charge in [-0.15, -0.1) is 0 Å². The van der Waals surface area contributed by atoms with E-state index in [9.17, 15) is 0 Å². The Bertz CT molecular complexity index is 229. The molecule has 0 rings (SSSR count). The molecule has 0 aliphatic heterocycles. The highest BCUT2D eigenvalue weighted by molar-refractivity contribution is 7.75. The standard InChI is InChI=1S/C24H52P.ClH/c1-5-9-11-13-15-17-19-21-23-25(7-3,8-4)24-22-20-18-16-14-12-10-6-2;/h5-24H2,1-4H3;1H/q+1;/p-1. The third-order valence-corrected chi connectivity index (χ3v) is 11.5. The van der Waals surface area contributed by atoms with Crippen LogP contribution in [0.5, 0.6) is 0 Å². The first kappa shape index (κ1) is 28.9. The summed E-state index contributed by atoms with van der Waals surface area (Å²) in [6.45, 7) is 9.61. The summed E-state index contributed by atoms with van der Waals surface area (Å²) >= 11 is 0. The van der Waals surface area contributed by atoms with Crippen LogP contribution in [0.3, 0.4) is 0 Å². The molecule has 0 aromatic rings. The molecule has 0 aromatic heterocycles. The molecule has 2 heteroatoms. The van der Waals surface area contributed by atoms with Crippen LogP contribution < -0.4 is 12.4 Å². The monoisotopic (exact) mass is 406 g/mol. The zero-order valence-corrected chi connectivity index (χ0v) is 20.6. The third kappa shape index (κ3) is 16.9. The molecule has 0 saturated heterocycles. The molecular weight excluding hydrogens is 355 g/mol. The van der Waals surface area contributed by atoms with Gasteiger partial charge in [0.1, 0.15) is 0 Å². The number of hydrogen-bond donors (Lipinski definition) is 0. The Balaban J connectivity index is 0. The van der Waals surface area contributed by atoms with E-state index in [-0.39, 0.29) is 12.4 Å². The first-order valence-electron chi connectivity index (χ1n) is 12.1. The molecule has 0 spiro atoms. The molecule has 160 valence electrons. The van der Waals surface area contributed by atoms with Crippen LogP contribution in [0, 0.1) is 0 Å². The molecule has 0 radical (unpaired) electrons. The van der Waals surface area contributed by atoms with Gasteiger partial charge in [-0.2, -0.15) is 0 Å². The molecule has 0 aliphatic rings. The van der Waals surface area contributed by atoms with Gasteiger partial charge in [0.25, 0.3) is 0 Å². The second kappa shape index (κ2) is 22.0. The van der Waals surface area contributed by atoms with Gasteiger partial charge in [-0.1, -0.05) is 90.9 Å². The number of unbranched alkanes of at least 4 members (excludes halogenated alkanes) is 14. The Kier molecular flexibility index (Phi) is 24.5. The van der Waals surface area contributed by atoms with Crippen molar-refractivity contribution in [1.82, 2.24) is 0 Å². The molecule has 0 amide bonds. The summed E-state index contributed by atoms with van der Waals surface area (Å²) in [5, 5.41) is 0. The van der Waals surface area contributed by atoms with Gasteiger partial charge in [-0.25, -0.2) is 0 Å². The fraction of sp³-hybridized carbons (Fsp3) is 1.00. The number of hydrogen-bond acceptors (Lipinski definition) is 0. The van der Waals surface area contributed by atoms with Crippen LogP contribution in [-0.2, 0) is 0 Å². The molecule has 0 aliphatic carbocycles. The van der Waals surface area contributed by atoms with Gasteiger partial charge in [-0.3, -0.25) is 0 Å². The Labute approximate surface area is 174 Å². The van der Waals surface area contributed by atoms with Crippen molar-refractivity contribution in [2.24, 2.45) is 0 Å². The summed E-state index contributed by atoms with van der Waals surface area (Å²) in [6, 6.07) is 0. The zero-order chi connectivity index (χ0) is 18.6. The van der Waals surface area contributed by atoms with E-state index in [1.54, 1.807) is 12.3 Å². The van der Waals surface area contributed by atoms with E-state index in [1.165, 1.54) is 115 Å². The van der Waals surface area contributed by atoms with Crippen LogP contribution in [0.4, 0.5) is 0 Å². The van der Waals surface area contributed by atoms with Crippen LogP contribution >= 0.6 is 7.26 Å². The van der Waals surface area contributed by atoms with E-state index in [4.69, 9.17) is 0 Å². The summed E-state index contributed by atoms with van der Waals surface area (Å²) in [6.07, 6.45) is 29.8. The summed E-state index contributed by atoms with van der Waals surface area (Å²) in [5.41, 5.74) is 0. The van der Waals surface area contributed by atoms with Gasteiger partial charge in [0, 0.05) is 7.26 Å². The van der Waals surface area contributed by atoms with Crippen molar-refractivity contribution >= 4 is 7.26 Å². The molecule has 0 N–H and O–H groups in total. The van der Waals surface area contributed by atoms with E-state index >= 15 is 0 Å². The number of halogens is 1. The van der Waals surface area contributed by atoms with Crippen LogP contribution in [0.2, 0.25) is 0 Å². The van der Waals surface area contributed by atoms with E-state index in [0.717, 1.165) is 0 Å². The average molecular weight is 407 g/mol. The Morgan fingerprint density at radius 3 is 0.923 bits per heavy atom. The van der Waals surface area contributed by atoms with E-state index in [2.05, 4.69) is 27.7 Å². The Morgan fingerprint density at radius 2 is 0.654 bits per heavy atom. The second-order valence-electron chi connectivity index (χ2n) is 8.37. The first-order chi connectivity index (χ1) is 12.2. The number of rotatable bonds is 20. The normalized spacial score (nSPS) is 11.5. The molecule has 0 unspecified atom stereocenters. The van der Waals surface area contributed by atoms with Crippen LogP contribution in [-0.4, -0.2) is 24.6 Å². The minimum Gasteiger partial charge on any atom is -1.00 e. The summed E-state index contributed by atoms with van der Waals surface area (Å²) in [5.74, 6) is 0. The summed E-state index contributed by atoms with van der Waals surface area (Å²) < 4.78 is 0. The van der Waals surface area contributed by atoms with Crippen LogP contribution in [0.25, 0.3) is 0 Å². The molecule has 0 heterocycles. The lowest BCUT2D eigenvalue weighted by molar-refractivity contribution is -0.00000577. The van der Waals surface area contributed by atoms with Crippen LogP contribution in [0.15, 0.2) is 0 Å². The van der Waals surface area contributed by atoms with Crippen molar-refractivity contribution in [3.8, 4) is 0 Å². The van der Waals surface area contributed by atoms with E-state index in [0.29, 0.717) is 0 Å².